The molecule has 2 amide bonds. The first-order valence-electron chi connectivity index (χ1n) is 10.1. The van der Waals surface area contributed by atoms with E-state index in [1.807, 2.05) is 21.0 Å². The van der Waals surface area contributed by atoms with E-state index < -0.39 is 11.7 Å². The van der Waals surface area contributed by atoms with Crippen LogP contribution in [0.1, 0.15) is 35.6 Å². The minimum absolute atomic E-state index is 0.0124. The van der Waals surface area contributed by atoms with Crippen molar-refractivity contribution in [3.63, 3.8) is 0 Å². The van der Waals surface area contributed by atoms with E-state index in [1.54, 1.807) is 24.9 Å². The van der Waals surface area contributed by atoms with Gasteiger partial charge < -0.3 is 26.6 Å². The van der Waals surface area contributed by atoms with Crippen LogP contribution >= 0.6 is 0 Å². The Balaban J connectivity index is 2.27. The second-order valence-electron chi connectivity index (χ2n) is 7.33. The van der Waals surface area contributed by atoms with Crippen molar-refractivity contribution in [2.45, 2.75) is 32.7 Å². The Bertz CT molecular complexity index is 950. The van der Waals surface area contributed by atoms with E-state index in [-0.39, 0.29) is 23.5 Å². The summed E-state index contributed by atoms with van der Waals surface area (Å²) in [7, 11) is 5.34. The maximum Gasteiger partial charge on any atom is 0.271 e. The number of rotatable bonds is 10. The molecule has 10 heteroatoms. The van der Waals surface area contributed by atoms with Crippen LogP contribution < -0.4 is 26.6 Å². The first-order chi connectivity index (χ1) is 14.7. The van der Waals surface area contributed by atoms with E-state index >= 15 is 0 Å². The number of primary amides is 1. The van der Waals surface area contributed by atoms with Crippen molar-refractivity contribution < 1.29 is 14.0 Å². The summed E-state index contributed by atoms with van der Waals surface area (Å²) in [6.45, 7) is 4.02. The molecule has 168 valence electrons. The largest absolute Gasteiger partial charge is 0.364 e. The molecule has 1 aromatic heterocycles. The molecule has 31 heavy (non-hydrogen) atoms. The first kappa shape index (κ1) is 24.0. The van der Waals surface area contributed by atoms with Gasteiger partial charge in [0.05, 0.1) is 11.7 Å². The van der Waals surface area contributed by atoms with E-state index in [4.69, 9.17) is 5.73 Å². The Kier molecular flexibility index (Phi) is 8.26. The highest BCUT2D eigenvalue weighted by atomic mass is 19.1. The third kappa shape index (κ3) is 6.35. The molecule has 9 nitrogen and oxygen atoms in total. The number of halogens is 1. The van der Waals surface area contributed by atoms with Crippen molar-refractivity contribution in [2.24, 2.45) is 5.73 Å². The number of carbonyl (C=O) groups is 2. The second kappa shape index (κ2) is 10.7. The lowest BCUT2D eigenvalue weighted by atomic mass is 10.1. The molecule has 0 aliphatic rings. The predicted molar refractivity (Wildman–Crippen MR) is 119 cm³/mol. The fraction of sp³-hybridized carbons (Fsp3) is 0.429. The van der Waals surface area contributed by atoms with Crippen LogP contribution in [0.5, 0.6) is 0 Å². The number of hydrogen-bond acceptors (Lipinski definition) is 7. The van der Waals surface area contributed by atoms with Gasteiger partial charge in [0.25, 0.3) is 5.91 Å². The minimum Gasteiger partial charge on any atom is -0.364 e. The average Bonchev–Trinajstić information content (AvgIpc) is 2.72. The third-order valence-corrected chi connectivity index (χ3v) is 4.70. The van der Waals surface area contributed by atoms with Crippen molar-refractivity contribution in [1.82, 2.24) is 20.6 Å². The highest BCUT2D eigenvalue weighted by molar-refractivity contribution is 5.96. The lowest BCUT2D eigenvalue weighted by Crippen LogP contribution is -2.41. The maximum absolute atomic E-state index is 14.2. The van der Waals surface area contributed by atoms with E-state index in [2.05, 4.69) is 25.9 Å². The van der Waals surface area contributed by atoms with Crippen LogP contribution in [0.15, 0.2) is 18.2 Å². The molecule has 0 aliphatic heterocycles. The van der Waals surface area contributed by atoms with E-state index in [1.165, 1.54) is 12.1 Å². The van der Waals surface area contributed by atoms with Crippen LogP contribution in [0, 0.1) is 5.82 Å². The number of nitrogens with one attached hydrogen (secondary N) is 3. The van der Waals surface area contributed by atoms with Crippen molar-refractivity contribution in [2.75, 3.05) is 37.9 Å². The van der Waals surface area contributed by atoms with E-state index in [9.17, 15) is 14.0 Å². The molecule has 0 radical (unpaired) electrons. The first-order valence-corrected chi connectivity index (χ1v) is 10.1. The number of carbonyl (C=O) groups excluding carboxylic acids is 2. The SMILES string of the molecule is CCc1nc(C(N)=O)c(Nc2cc(F)cc(CCNC(=O)C(C)NC)c2)nc1N(C)C. The summed E-state index contributed by atoms with van der Waals surface area (Å²) in [6, 6.07) is 4.10. The lowest BCUT2D eigenvalue weighted by Gasteiger charge is -2.18. The summed E-state index contributed by atoms with van der Waals surface area (Å²) in [5.41, 5.74) is 7.19. The van der Waals surface area contributed by atoms with Gasteiger partial charge >= 0.3 is 0 Å². The maximum atomic E-state index is 14.2. The van der Waals surface area contributed by atoms with Crippen molar-refractivity contribution in [3.05, 3.63) is 41.0 Å². The monoisotopic (exact) mass is 431 g/mol. The van der Waals surface area contributed by atoms with Crippen LogP contribution in [0.4, 0.5) is 21.7 Å². The molecule has 0 saturated carbocycles. The molecule has 1 atom stereocenters. The van der Waals surface area contributed by atoms with Gasteiger partial charge in [-0.25, -0.2) is 14.4 Å². The Hall–Kier alpha value is -3.27. The molecule has 0 fully saturated rings. The molecule has 0 bridgehead atoms. The molecular weight excluding hydrogens is 401 g/mol. The summed E-state index contributed by atoms with van der Waals surface area (Å²) < 4.78 is 14.2. The van der Waals surface area contributed by atoms with E-state index in [0.29, 0.717) is 42.1 Å². The van der Waals surface area contributed by atoms with Gasteiger partial charge in [0.2, 0.25) is 5.91 Å². The highest BCUT2D eigenvalue weighted by Gasteiger charge is 2.18. The third-order valence-electron chi connectivity index (χ3n) is 4.70. The van der Waals surface area contributed by atoms with Gasteiger partial charge in [-0.15, -0.1) is 0 Å². The lowest BCUT2D eigenvalue weighted by molar-refractivity contribution is -0.122. The number of anilines is 3. The zero-order valence-corrected chi connectivity index (χ0v) is 18.5. The molecular formula is C21H30FN7O2. The van der Waals surface area contributed by atoms with Crippen LogP contribution in [0.25, 0.3) is 0 Å². The van der Waals surface area contributed by atoms with Crippen LogP contribution in [-0.4, -0.2) is 55.5 Å². The van der Waals surface area contributed by atoms with Crippen LogP contribution in [0.2, 0.25) is 0 Å². The number of nitrogens with two attached hydrogens (primary N) is 1. The number of aromatic nitrogens is 2. The van der Waals surface area contributed by atoms with E-state index in [0.717, 1.165) is 0 Å². The molecule has 0 saturated heterocycles. The van der Waals surface area contributed by atoms with Gasteiger partial charge in [0.1, 0.15) is 5.82 Å². The summed E-state index contributed by atoms with van der Waals surface area (Å²) in [5.74, 6) is -0.575. The van der Waals surface area contributed by atoms with Crippen LogP contribution in [-0.2, 0) is 17.6 Å². The van der Waals surface area contributed by atoms with Gasteiger partial charge in [-0.3, -0.25) is 9.59 Å². The number of hydrogen-bond donors (Lipinski definition) is 4. The quantitative estimate of drug-likeness (QED) is 0.447. The smallest absolute Gasteiger partial charge is 0.271 e. The predicted octanol–water partition coefficient (Wildman–Crippen LogP) is 1.35. The fourth-order valence-electron chi connectivity index (χ4n) is 2.93. The zero-order chi connectivity index (χ0) is 23.1. The number of aryl methyl sites for hydroxylation is 1. The zero-order valence-electron chi connectivity index (χ0n) is 18.5. The Morgan fingerprint density at radius 2 is 1.94 bits per heavy atom. The van der Waals surface area contributed by atoms with Gasteiger partial charge in [0, 0.05) is 26.3 Å². The molecule has 2 rings (SSSR count). The molecule has 0 aliphatic carbocycles. The Labute approximate surface area is 181 Å². The van der Waals surface area contributed by atoms with Gasteiger partial charge in [-0.2, -0.15) is 0 Å². The Morgan fingerprint density at radius 1 is 1.23 bits per heavy atom. The summed E-state index contributed by atoms with van der Waals surface area (Å²) in [6.07, 6.45) is 1.00. The molecule has 5 N–H and O–H groups in total. The standard InChI is InChI=1S/C21H30FN7O2/c1-6-16-20(29(4)5)28-19(17(27-16)18(23)30)26-15-10-13(9-14(22)11-15)7-8-25-21(31)12(2)24-3/h9-12,24H,6-8H2,1-5H3,(H2,23,30)(H,25,31)(H,26,28). The Morgan fingerprint density at radius 3 is 2.52 bits per heavy atom. The number of amides is 2. The summed E-state index contributed by atoms with van der Waals surface area (Å²) in [5, 5.41) is 8.62. The fourth-order valence-corrected chi connectivity index (χ4v) is 2.93. The van der Waals surface area contributed by atoms with Crippen molar-refractivity contribution in [3.8, 4) is 0 Å². The number of nitrogens with zero attached hydrogens (tertiary/aromatic N) is 3. The topological polar surface area (TPSA) is 125 Å². The molecule has 1 aromatic carbocycles. The molecule has 1 heterocycles. The van der Waals surface area contributed by atoms with Crippen molar-refractivity contribution in [1.29, 1.82) is 0 Å². The molecule has 0 spiro atoms. The minimum atomic E-state index is -0.729. The average molecular weight is 432 g/mol. The highest BCUT2D eigenvalue weighted by Crippen LogP contribution is 2.25. The summed E-state index contributed by atoms with van der Waals surface area (Å²) in [4.78, 5) is 34.4. The number of benzene rings is 1. The number of likely N-dealkylation sites (N-methyl/N-ethyl adjacent to an activating group) is 1. The van der Waals surface area contributed by atoms with Crippen molar-refractivity contribution >= 4 is 29.1 Å². The molecule has 2 aromatic rings. The van der Waals surface area contributed by atoms with Gasteiger partial charge in [0.15, 0.2) is 17.3 Å². The second-order valence-corrected chi connectivity index (χ2v) is 7.33. The summed E-state index contributed by atoms with van der Waals surface area (Å²) >= 11 is 0. The van der Waals surface area contributed by atoms with Crippen LogP contribution in [0.3, 0.4) is 0 Å². The molecule has 1 unspecified atom stereocenters. The normalized spacial score (nSPS) is 11.7. The van der Waals surface area contributed by atoms with Gasteiger partial charge in [-0.05, 0) is 50.6 Å². The van der Waals surface area contributed by atoms with Gasteiger partial charge in [-0.1, -0.05) is 6.92 Å².